The van der Waals surface area contributed by atoms with Crippen LogP contribution in [0.4, 0.5) is 0 Å². The number of ether oxygens (including phenoxy) is 1. The molecule has 2 bridgehead atoms. The maximum atomic E-state index is 12.2. The predicted octanol–water partition coefficient (Wildman–Crippen LogP) is 4.23. The molecule has 0 aliphatic heterocycles. The molecule has 0 saturated heterocycles. The number of nitrogens with zero attached hydrogens (tertiary/aromatic N) is 2. The lowest BCUT2D eigenvalue weighted by Crippen LogP contribution is -2.18. The van der Waals surface area contributed by atoms with Gasteiger partial charge in [0.2, 0.25) is 0 Å². The van der Waals surface area contributed by atoms with Crippen LogP contribution in [-0.2, 0) is 9.53 Å². The number of carbonyl (C=O) groups is 1. The number of aromatic nitrogens is 2. The van der Waals surface area contributed by atoms with Crippen molar-refractivity contribution in [2.24, 2.45) is 17.8 Å². The second kappa shape index (κ2) is 6.07. The molecule has 122 valence electrons. The fourth-order valence-electron chi connectivity index (χ4n) is 4.03. The Morgan fingerprint density at radius 2 is 2.35 bits per heavy atom. The largest absolute Gasteiger partial charge is 0.453 e. The average Bonchev–Trinajstić information content (AvgIpc) is 3.29. The molecule has 2 aliphatic rings. The van der Waals surface area contributed by atoms with E-state index < -0.39 is 6.10 Å². The molecule has 0 spiro atoms. The fourth-order valence-corrected chi connectivity index (χ4v) is 4.68. The number of esters is 1. The summed E-state index contributed by atoms with van der Waals surface area (Å²) in [5.74, 6) is 2.78. The maximum Gasteiger partial charge on any atom is 0.306 e. The SMILES string of the molecule is C[C@H](OC(=O)C[C@@H]1C[C@H]2CC[C@H]1C2)c1nnc(-c2cccs2)o1. The van der Waals surface area contributed by atoms with E-state index in [4.69, 9.17) is 9.15 Å². The summed E-state index contributed by atoms with van der Waals surface area (Å²) in [6.07, 6.45) is 5.16. The van der Waals surface area contributed by atoms with Crippen LogP contribution in [0.2, 0.25) is 0 Å². The first-order valence-electron chi connectivity index (χ1n) is 8.26. The Morgan fingerprint density at radius 1 is 1.43 bits per heavy atom. The highest BCUT2D eigenvalue weighted by Gasteiger charge is 2.40. The van der Waals surface area contributed by atoms with Gasteiger partial charge < -0.3 is 9.15 Å². The van der Waals surface area contributed by atoms with Crippen LogP contribution in [0.15, 0.2) is 21.9 Å². The molecule has 2 fully saturated rings. The lowest BCUT2D eigenvalue weighted by Gasteiger charge is -2.21. The van der Waals surface area contributed by atoms with E-state index in [1.165, 1.54) is 37.0 Å². The summed E-state index contributed by atoms with van der Waals surface area (Å²) in [5.41, 5.74) is 0. The topological polar surface area (TPSA) is 65.2 Å². The summed E-state index contributed by atoms with van der Waals surface area (Å²) < 4.78 is 11.1. The van der Waals surface area contributed by atoms with Crippen molar-refractivity contribution in [3.8, 4) is 10.8 Å². The van der Waals surface area contributed by atoms with E-state index in [1.54, 1.807) is 6.92 Å². The smallest absolute Gasteiger partial charge is 0.306 e. The zero-order valence-electron chi connectivity index (χ0n) is 13.1. The van der Waals surface area contributed by atoms with Crippen molar-refractivity contribution < 1.29 is 13.9 Å². The number of hydrogen-bond acceptors (Lipinski definition) is 6. The van der Waals surface area contributed by atoms with Gasteiger partial charge in [0.05, 0.1) is 4.88 Å². The number of hydrogen-bond donors (Lipinski definition) is 0. The lowest BCUT2D eigenvalue weighted by atomic mass is 9.86. The van der Waals surface area contributed by atoms with E-state index in [9.17, 15) is 4.79 Å². The fraction of sp³-hybridized carbons (Fsp3) is 0.588. The summed E-state index contributed by atoms with van der Waals surface area (Å²) in [5, 5.41) is 9.99. The van der Waals surface area contributed by atoms with Crippen molar-refractivity contribution in [3.05, 3.63) is 23.4 Å². The highest BCUT2D eigenvalue weighted by Crippen LogP contribution is 2.49. The van der Waals surface area contributed by atoms with E-state index in [0.717, 1.165) is 16.7 Å². The molecule has 0 radical (unpaired) electrons. The molecule has 23 heavy (non-hydrogen) atoms. The van der Waals surface area contributed by atoms with Gasteiger partial charge in [0.15, 0.2) is 6.10 Å². The Kier molecular flexibility index (Phi) is 3.93. The maximum absolute atomic E-state index is 12.2. The van der Waals surface area contributed by atoms with Crippen LogP contribution in [0, 0.1) is 17.8 Å². The van der Waals surface area contributed by atoms with Crippen LogP contribution >= 0.6 is 11.3 Å². The summed E-state index contributed by atoms with van der Waals surface area (Å²) in [6.45, 7) is 1.78. The summed E-state index contributed by atoms with van der Waals surface area (Å²) in [7, 11) is 0. The van der Waals surface area contributed by atoms with Gasteiger partial charge in [-0.05, 0) is 55.4 Å². The second-order valence-corrected chi connectivity index (χ2v) is 7.64. The first-order chi connectivity index (χ1) is 11.2. The molecule has 2 aromatic heterocycles. The molecule has 5 nitrogen and oxygen atoms in total. The van der Waals surface area contributed by atoms with Gasteiger partial charge in [0.1, 0.15) is 0 Å². The summed E-state index contributed by atoms with van der Waals surface area (Å²) in [6, 6.07) is 3.86. The van der Waals surface area contributed by atoms with Gasteiger partial charge in [0.25, 0.3) is 11.8 Å². The Morgan fingerprint density at radius 3 is 3.04 bits per heavy atom. The highest BCUT2D eigenvalue weighted by molar-refractivity contribution is 7.13. The van der Waals surface area contributed by atoms with Gasteiger partial charge in [-0.1, -0.05) is 12.5 Å². The van der Waals surface area contributed by atoms with E-state index in [1.807, 2.05) is 17.5 Å². The van der Waals surface area contributed by atoms with Crippen molar-refractivity contribution >= 4 is 17.3 Å². The standard InChI is InChI=1S/C17H20N2O3S/c1-10(16-18-19-17(22-16)14-3-2-6-23-14)21-15(20)9-13-8-11-4-5-12(13)7-11/h2-3,6,10-13H,4-5,7-9H2,1H3/t10-,11-,12-,13-/m0/s1. The highest BCUT2D eigenvalue weighted by atomic mass is 32.1. The van der Waals surface area contributed by atoms with Crippen molar-refractivity contribution in [2.45, 2.75) is 45.1 Å². The van der Waals surface area contributed by atoms with Crippen molar-refractivity contribution in [2.75, 3.05) is 0 Å². The Labute approximate surface area is 139 Å². The first-order valence-corrected chi connectivity index (χ1v) is 9.13. The molecular formula is C17H20N2O3S. The van der Waals surface area contributed by atoms with E-state index in [-0.39, 0.29) is 5.97 Å². The summed E-state index contributed by atoms with van der Waals surface area (Å²) in [4.78, 5) is 13.1. The number of carbonyl (C=O) groups excluding carboxylic acids is 1. The predicted molar refractivity (Wildman–Crippen MR) is 85.7 cm³/mol. The van der Waals surface area contributed by atoms with Crippen molar-refractivity contribution in [1.82, 2.24) is 10.2 Å². The van der Waals surface area contributed by atoms with Crippen LogP contribution in [0.3, 0.4) is 0 Å². The quantitative estimate of drug-likeness (QED) is 0.767. The Hall–Kier alpha value is -1.69. The monoisotopic (exact) mass is 332 g/mol. The van der Waals surface area contributed by atoms with Gasteiger partial charge in [-0.3, -0.25) is 4.79 Å². The molecule has 2 heterocycles. The molecule has 6 heteroatoms. The molecule has 4 atom stereocenters. The zero-order valence-corrected chi connectivity index (χ0v) is 13.9. The Balaban J connectivity index is 1.34. The van der Waals surface area contributed by atoms with Crippen LogP contribution in [0.1, 0.15) is 51.0 Å². The molecule has 2 aliphatic carbocycles. The average molecular weight is 332 g/mol. The first kappa shape index (κ1) is 14.9. The molecule has 2 saturated carbocycles. The molecule has 0 N–H and O–H groups in total. The third-order valence-corrected chi connectivity index (χ3v) is 6.00. The van der Waals surface area contributed by atoms with Gasteiger partial charge >= 0.3 is 5.97 Å². The van der Waals surface area contributed by atoms with Crippen LogP contribution < -0.4 is 0 Å². The third kappa shape index (κ3) is 3.04. The van der Waals surface area contributed by atoms with E-state index in [2.05, 4.69) is 10.2 Å². The van der Waals surface area contributed by atoms with E-state index >= 15 is 0 Å². The minimum absolute atomic E-state index is 0.147. The Bertz CT molecular complexity index is 682. The van der Waals surface area contributed by atoms with Crippen molar-refractivity contribution in [3.63, 3.8) is 0 Å². The molecular weight excluding hydrogens is 312 g/mol. The zero-order chi connectivity index (χ0) is 15.8. The van der Waals surface area contributed by atoms with Gasteiger partial charge in [-0.2, -0.15) is 0 Å². The molecule has 0 aromatic carbocycles. The van der Waals surface area contributed by atoms with Gasteiger partial charge in [0, 0.05) is 6.42 Å². The van der Waals surface area contributed by atoms with Gasteiger partial charge in [-0.25, -0.2) is 0 Å². The van der Waals surface area contributed by atoms with Crippen LogP contribution in [-0.4, -0.2) is 16.2 Å². The number of fused-ring (bicyclic) bond motifs is 2. The molecule has 0 amide bonds. The second-order valence-electron chi connectivity index (χ2n) is 6.69. The minimum Gasteiger partial charge on any atom is -0.453 e. The number of thiophene rings is 1. The molecule has 4 rings (SSSR count). The molecule has 0 unspecified atom stereocenters. The normalized spacial score (nSPS) is 27.3. The third-order valence-electron chi connectivity index (χ3n) is 5.14. The van der Waals surface area contributed by atoms with Crippen molar-refractivity contribution in [1.29, 1.82) is 0 Å². The summed E-state index contributed by atoms with van der Waals surface area (Å²) >= 11 is 1.54. The van der Waals surface area contributed by atoms with Gasteiger partial charge in [-0.15, -0.1) is 21.5 Å². The number of rotatable bonds is 5. The van der Waals surface area contributed by atoms with Crippen LogP contribution in [0.25, 0.3) is 10.8 Å². The van der Waals surface area contributed by atoms with E-state index in [0.29, 0.717) is 24.1 Å². The minimum atomic E-state index is -0.498. The molecule has 2 aromatic rings. The van der Waals surface area contributed by atoms with Crippen LogP contribution in [0.5, 0.6) is 0 Å². The lowest BCUT2D eigenvalue weighted by molar-refractivity contribution is -0.151.